The summed E-state index contributed by atoms with van der Waals surface area (Å²) in [5, 5.41) is 2.85. The highest BCUT2D eigenvalue weighted by atomic mass is 79.9. The van der Waals surface area contributed by atoms with Crippen LogP contribution in [0.25, 0.3) is 5.70 Å². The summed E-state index contributed by atoms with van der Waals surface area (Å²) in [6.45, 7) is 2.63. The molecule has 4 nitrogen and oxygen atoms in total. The number of halogens is 1. The minimum Gasteiger partial charge on any atom is -0.494 e. The molecule has 0 atom stereocenters. The predicted octanol–water partition coefficient (Wildman–Crippen LogP) is 4.67. The van der Waals surface area contributed by atoms with Gasteiger partial charge in [-0.05, 0) is 43.3 Å². The van der Waals surface area contributed by atoms with Gasteiger partial charge in [0, 0.05) is 15.4 Å². The molecule has 0 saturated carbocycles. The van der Waals surface area contributed by atoms with Gasteiger partial charge in [-0.25, -0.2) is 4.99 Å². The van der Waals surface area contributed by atoms with E-state index in [1.165, 1.54) is 0 Å². The summed E-state index contributed by atoms with van der Waals surface area (Å²) < 4.78 is 6.48. The average Bonchev–Trinajstić information content (AvgIpc) is 2.58. The van der Waals surface area contributed by atoms with Crippen LogP contribution in [0.4, 0.5) is 5.69 Å². The van der Waals surface area contributed by atoms with E-state index in [0.29, 0.717) is 6.61 Å². The summed E-state index contributed by atoms with van der Waals surface area (Å²) in [5.41, 5.74) is 9.31. The van der Waals surface area contributed by atoms with Crippen LogP contribution in [0.5, 0.6) is 5.75 Å². The van der Waals surface area contributed by atoms with E-state index in [1.54, 1.807) is 11.8 Å². The normalized spacial score (nSPS) is 15.6. The van der Waals surface area contributed by atoms with Crippen molar-refractivity contribution in [2.75, 3.05) is 6.61 Å². The quantitative estimate of drug-likeness (QED) is 0.796. The molecule has 3 rings (SSSR count). The number of hydrazine groups is 1. The summed E-state index contributed by atoms with van der Waals surface area (Å²) in [6.07, 6.45) is 0. The van der Waals surface area contributed by atoms with Crippen molar-refractivity contribution < 1.29 is 4.74 Å². The van der Waals surface area contributed by atoms with Crippen LogP contribution in [0.3, 0.4) is 0 Å². The molecule has 1 heterocycles. The Morgan fingerprint density at radius 3 is 2.61 bits per heavy atom. The van der Waals surface area contributed by atoms with Crippen LogP contribution in [0.15, 0.2) is 63.4 Å². The number of nitrogens with one attached hydrogen (secondary N) is 2. The summed E-state index contributed by atoms with van der Waals surface area (Å²) in [7, 11) is 0. The lowest BCUT2D eigenvalue weighted by atomic mass is 10.2. The van der Waals surface area contributed by atoms with E-state index in [1.807, 2.05) is 48.7 Å². The number of benzene rings is 2. The Labute approximate surface area is 148 Å². The maximum Gasteiger partial charge on any atom is 0.184 e. The molecule has 23 heavy (non-hydrogen) atoms. The van der Waals surface area contributed by atoms with Crippen LogP contribution < -0.4 is 15.6 Å². The van der Waals surface area contributed by atoms with E-state index in [-0.39, 0.29) is 0 Å². The third-order valence-corrected chi connectivity index (χ3v) is 4.37. The average molecular weight is 390 g/mol. The van der Waals surface area contributed by atoms with E-state index in [2.05, 4.69) is 43.9 Å². The number of hydrogen-bond acceptors (Lipinski definition) is 4. The molecule has 0 amide bonds. The zero-order valence-corrected chi connectivity index (χ0v) is 14.9. The minimum atomic E-state index is 0.665. The molecule has 0 saturated heterocycles. The zero-order chi connectivity index (χ0) is 16.1. The maximum absolute atomic E-state index is 5.43. The lowest BCUT2D eigenvalue weighted by Crippen LogP contribution is -2.36. The van der Waals surface area contributed by atoms with Gasteiger partial charge in [-0.3, -0.25) is 10.9 Å². The molecule has 0 spiro atoms. The fourth-order valence-corrected chi connectivity index (χ4v) is 3.14. The van der Waals surface area contributed by atoms with E-state index in [9.17, 15) is 0 Å². The van der Waals surface area contributed by atoms with Gasteiger partial charge in [-0.2, -0.15) is 0 Å². The van der Waals surface area contributed by atoms with E-state index >= 15 is 0 Å². The molecule has 2 N–H and O–H groups in total. The van der Waals surface area contributed by atoms with Crippen molar-refractivity contribution in [1.82, 2.24) is 10.9 Å². The molecule has 1 aliphatic rings. The second kappa shape index (κ2) is 7.57. The van der Waals surface area contributed by atoms with Gasteiger partial charge in [-0.15, -0.1) is 0 Å². The maximum atomic E-state index is 5.43. The Bertz CT molecular complexity index is 744. The second-order valence-corrected chi connectivity index (χ2v) is 6.53. The summed E-state index contributed by atoms with van der Waals surface area (Å²) in [4.78, 5) is 4.56. The first kappa shape index (κ1) is 16.0. The molecule has 0 bridgehead atoms. The SMILES string of the molecule is CCOc1ccc(N=C2NNC(c3cccc(Br)c3)=CS2)cc1. The van der Waals surface area contributed by atoms with Crippen molar-refractivity contribution in [3.05, 3.63) is 64.0 Å². The standard InChI is InChI=1S/C17H16BrN3OS/c1-2-22-15-8-6-14(7-9-15)19-17-21-20-16(11-23-17)12-4-3-5-13(18)10-12/h3-11,20H,2H2,1H3,(H,19,21). The monoisotopic (exact) mass is 389 g/mol. The topological polar surface area (TPSA) is 45.6 Å². The Morgan fingerprint density at radius 2 is 1.96 bits per heavy atom. The highest BCUT2D eigenvalue weighted by Gasteiger charge is 2.10. The number of amidine groups is 1. The van der Waals surface area contributed by atoms with Crippen LogP contribution in [0, 0.1) is 0 Å². The first-order valence-corrected chi connectivity index (χ1v) is 8.88. The molecule has 0 aliphatic carbocycles. The van der Waals surface area contributed by atoms with Gasteiger partial charge in [0.05, 0.1) is 18.0 Å². The molecule has 2 aromatic carbocycles. The molecular weight excluding hydrogens is 374 g/mol. The molecule has 2 aromatic rings. The van der Waals surface area contributed by atoms with E-state index in [4.69, 9.17) is 4.74 Å². The van der Waals surface area contributed by atoms with Crippen LogP contribution >= 0.6 is 27.7 Å². The summed E-state index contributed by atoms with van der Waals surface area (Å²) in [5.74, 6) is 0.857. The van der Waals surface area contributed by atoms with Crippen molar-refractivity contribution in [2.24, 2.45) is 4.99 Å². The Kier molecular flexibility index (Phi) is 5.25. The Balaban J connectivity index is 1.70. The first-order valence-electron chi connectivity index (χ1n) is 7.21. The molecule has 6 heteroatoms. The van der Waals surface area contributed by atoms with Crippen LogP contribution in [0.2, 0.25) is 0 Å². The number of thioether (sulfide) groups is 1. The van der Waals surface area contributed by atoms with Crippen molar-refractivity contribution >= 4 is 44.2 Å². The molecule has 1 aliphatic heterocycles. The Hall–Kier alpha value is -1.92. The smallest absolute Gasteiger partial charge is 0.184 e. The number of rotatable bonds is 4. The molecule has 0 radical (unpaired) electrons. The van der Waals surface area contributed by atoms with Gasteiger partial charge in [-0.1, -0.05) is 39.8 Å². The fraction of sp³-hybridized carbons (Fsp3) is 0.118. The van der Waals surface area contributed by atoms with Crippen molar-refractivity contribution in [1.29, 1.82) is 0 Å². The summed E-state index contributed by atoms with van der Waals surface area (Å²) >= 11 is 5.03. The highest BCUT2D eigenvalue weighted by molar-refractivity contribution is 9.10. The lowest BCUT2D eigenvalue weighted by Gasteiger charge is -2.19. The molecular formula is C17H16BrN3OS. The van der Waals surface area contributed by atoms with Crippen LogP contribution in [-0.4, -0.2) is 11.8 Å². The van der Waals surface area contributed by atoms with Crippen molar-refractivity contribution in [2.45, 2.75) is 6.92 Å². The van der Waals surface area contributed by atoms with Crippen LogP contribution in [-0.2, 0) is 0 Å². The number of nitrogens with zero attached hydrogens (tertiary/aromatic N) is 1. The van der Waals surface area contributed by atoms with Gasteiger partial charge in [0.15, 0.2) is 5.17 Å². The number of aliphatic imine (C=N–C) groups is 1. The summed E-state index contributed by atoms with van der Waals surface area (Å²) in [6, 6.07) is 15.9. The lowest BCUT2D eigenvalue weighted by molar-refractivity contribution is 0.340. The number of hydrogen-bond donors (Lipinski definition) is 2. The number of ether oxygens (including phenoxy) is 1. The van der Waals surface area contributed by atoms with Gasteiger partial charge in [0.25, 0.3) is 0 Å². The minimum absolute atomic E-state index is 0.665. The third kappa shape index (κ3) is 4.30. The van der Waals surface area contributed by atoms with Gasteiger partial charge in [0.2, 0.25) is 0 Å². The Morgan fingerprint density at radius 1 is 1.13 bits per heavy atom. The highest BCUT2D eigenvalue weighted by Crippen LogP contribution is 2.24. The van der Waals surface area contributed by atoms with Gasteiger partial charge >= 0.3 is 0 Å². The second-order valence-electron chi connectivity index (χ2n) is 4.75. The molecule has 0 fully saturated rings. The largest absolute Gasteiger partial charge is 0.494 e. The zero-order valence-electron chi connectivity index (χ0n) is 12.5. The fourth-order valence-electron chi connectivity index (χ4n) is 2.05. The van der Waals surface area contributed by atoms with Crippen molar-refractivity contribution in [3.63, 3.8) is 0 Å². The van der Waals surface area contributed by atoms with E-state index in [0.717, 1.165) is 32.3 Å². The predicted molar refractivity (Wildman–Crippen MR) is 101 cm³/mol. The molecule has 0 aromatic heterocycles. The van der Waals surface area contributed by atoms with E-state index < -0.39 is 0 Å². The molecule has 118 valence electrons. The van der Waals surface area contributed by atoms with Gasteiger partial charge < -0.3 is 4.74 Å². The van der Waals surface area contributed by atoms with Crippen LogP contribution in [0.1, 0.15) is 12.5 Å². The van der Waals surface area contributed by atoms with Crippen molar-refractivity contribution in [3.8, 4) is 5.75 Å². The van der Waals surface area contributed by atoms with Gasteiger partial charge in [0.1, 0.15) is 5.75 Å². The molecule has 0 unspecified atom stereocenters. The first-order chi connectivity index (χ1) is 11.2. The third-order valence-electron chi connectivity index (χ3n) is 3.11.